The van der Waals surface area contributed by atoms with Crippen molar-refractivity contribution in [3.63, 3.8) is 0 Å². The largest absolute Gasteiger partial charge is 0.421 e. The van der Waals surface area contributed by atoms with Crippen molar-refractivity contribution in [3.8, 4) is 17.3 Å². The summed E-state index contributed by atoms with van der Waals surface area (Å²) in [5.41, 5.74) is 3.34. The fourth-order valence-electron chi connectivity index (χ4n) is 3.24. The molecule has 152 valence electrons. The molecule has 1 amide bonds. The average molecular weight is 410 g/mol. The minimum Gasteiger partial charge on any atom is -0.421 e. The predicted octanol–water partition coefficient (Wildman–Crippen LogP) is 4.04. The number of anilines is 1. The number of benzene rings is 2. The molecule has 8 heteroatoms. The van der Waals surface area contributed by atoms with E-state index in [1.165, 1.54) is 0 Å². The number of fused-ring (bicyclic) bond motifs is 1. The topological polar surface area (TPSA) is 98.7 Å². The van der Waals surface area contributed by atoms with Crippen LogP contribution in [0.5, 0.6) is 0 Å². The summed E-state index contributed by atoms with van der Waals surface area (Å²) in [6, 6.07) is 21.0. The Bertz CT molecular complexity index is 1330. The first kappa shape index (κ1) is 18.7. The summed E-state index contributed by atoms with van der Waals surface area (Å²) < 4.78 is 7.54. The smallest absolute Gasteiger partial charge is 0.247 e. The number of imidazole rings is 1. The Balaban J connectivity index is 1.20. The number of para-hydroxylation sites is 2. The molecule has 0 saturated heterocycles. The molecule has 5 aromatic rings. The molecule has 0 fully saturated rings. The van der Waals surface area contributed by atoms with Crippen molar-refractivity contribution in [1.29, 1.82) is 0 Å². The molecule has 3 aromatic heterocycles. The second kappa shape index (κ2) is 8.19. The summed E-state index contributed by atoms with van der Waals surface area (Å²) in [5.74, 6) is 1.45. The highest BCUT2D eigenvalue weighted by molar-refractivity contribution is 5.90. The van der Waals surface area contributed by atoms with E-state index in [2.05, 4.69) is 25.5 Å². The van der Waals surface area contributed by atoms with Gasteiger partial charge in [-0.25, -0.2) is 9.97 Å². The van der Waals surface area contributed by atoms with Gasteiger partial charge in [0, 0.05) is 18.4 Å². The standard InChI is InChI=1S/C23H18N6O2/c30-21(12-13-22-27-28-23(31-22)16-6-2-1-3-7-16)26-17-10-11-20(24-14-17)29-15-25-18-8-4-5-9-19(18)29/h1-11,14-15H,12-13H2,(H,26,30). The zero-order valence-corrected chi connectivity index (χ0v) is 16.5. The van der Waals surface area contributed by atoms with Crippen LogP contribution in [0.4, 0.5) is 5.69 Å². The molecule has 0 spiro atoms. The number of pyridine rings is 1. The molecule has 0 aliphatic carbocycles. The maximum atomic E-state index is 12.3. The van der Waals surface area contributed by atoms with E-state index in [0.29, 0.717) is 23.9 Å². The van der Waals surface area contributed by atoms with Gasteiger partial charge in [-0.05, 0) is 36.4 Å². The summed E-state index contributed by atoms with van der Waals surface area (Å²) in [6.45, 7) is 0. The molecule has 0 aliphatic rings. The number of rotatable bonds is 6. The molecule has 3 heterocycles. The van der Waals surface area contributed by atoms with E-state index < -0.39 is 0 Å². The zero-order valence-electron chi connectivity index (χ0n) is 16.5. The second-order valence-electron chi connectivity index (χ2n) is 6.92. The monoisotopic (exact) mass is 410 g/mol. The molecule has 0 unspecified atom stereocenters. The van der Waals surface area contributed by atoms with Crippen LogP contribution in [0.2, 0.25) is 0 Å². The van der Waals surface area contributed by atoms with Gasteiger partial charge in [0.2, 0.25) is 17.7 Å². The molecule has 0 radical (unpaired) electrons. The van der Waals surface area contributed by atoms with Crippen molar-refractivity contribution in [1.82, 2.24) is 24.7 Å². The molecule has 0 bridgehead atoms. The van der Waals surface area contributed by atoms with Crippen LogP contribution in [0.25, 0.3) is 28.3 Å². The Kier molecular flexibility index (Phi) is 4.94. The highest BCUT2D eigenvalue weighted by Crippen LogP contribution is 2.19. The Morgan fingerprint density at radius 1 is 0.935 bits per heavy atom. The molecule has 8 nitrogen and oxygen atoms in total. The first-order valence-electron chi connectivity index (χ1n) is 9.82. The number of carbonyl (C=O) groups is 1. The zero-order chi connectivity index (χ0) is 21.0. The van der Waals surface area contributed by atoms with Crippen molar-refractivity contribution >= 4 is 22.6 Å². The Labute approximate surface area is 177 Å². The lowest BCUT2D eigenvalue weighted by Crippen LogP contribution is -2.12. The van der Waals surface area contributed by atoms with Crippen LogP contribution in [0, 0.1) is 0 Å². The SMILES string of the molecule is O=C(CCc1nnc(-c2ccccc2)o1)Nc1ccc(-n2cnc3ccccc32)nc1. The first-order chi connectivity index (χ1) is 15.3. The molecule has 0 atom stereocenters. The van der Waals surface area contributed by atoms with Crippen LogP contribution in [0.3, 0.4) is 0 Å². The number of hydrogen-bond acceptors (Lipinski definition) is 6. The van der Waals surface area contributed by atoms with Crippen LogP contribution in [0.1, 0.15) is 12.3 Å². The normalized spacial score (nSPS) is 11.0. The predicted molar refractivity (Wildman–Crippen MR) is 116 cm³/mol. The van der Waals surface area contributed by atoms with E-state index in [1.54, 1.807) is 12.5 Å². The van der Waals surface area contributed by atoms with Crippen LogP contribution in [0.15, 0.2) is 83.7 Å². The lowest BCUT2D eigenvalue weighted by molar-refractivity contribution is -0.116. The van der Waals surface area contributed by atoms with Crippen molar-refractivity contribution in [3.05, 3.63) is 85.1 Å². The third kappa shape index (κ3) is 4.04. The number of hydrogen-bond donors (Lipinski definition) is 1. The highest BCUT2D eigenvalue weighted by atomic mass is 16.4. The molecular weight excluding hydrogens is 392 g/mol. The quantitative estimate of drug-likeness (QED) is 0.454. The lowest BCUT2D eigenvalue weighted by Gasteiger charge is -2.06. The van der Waals surface area contributed by atoms with Crippen molar-refractivity contribution in [2.45, 2.75) is 12.8 Å². The second-order valence-corrected chi connectivity index (χ2v) is 6.92. The third-order valence-corrected chi connectivity index (χ3v) is 4.79. The minimum absolute atomic E-state index is 0.151. The van der Waals surface area contributed by atoms with Gasteiger partial charge in [-0.3, -0.25) is 9.36 Å². The van der Waals surface area contributed by atoms with E-state index in [4.69, 9.17) is 4.42 Å². The molecule has 5 rings (SSSR count). The molecule has 1 N–H and O–H groups in total. The average Bonchev–Trinajstić information content (AvgIpc) is 3.46. The van der Waals surface area contributed by atoms with E-state index >= 15 is 0 Å². The minimum atomic E-state index is -0.151. The van der Waals surface area contributed by atoms with Gasteiger partial charge in [-0.1, -0.05) is 30.3 Å². The molecular formula is C23H18N6O2. The van der Waals surface area contributed by atoms with Crippen molar-refractivity contribution in [2.75, 3.05) is 5.32 Å². The Morgan fingerprint density at radius 2 is 1.77 bits per heavy atom. The van der Waals surface area contributed by atoms with E-state index in [0.717, 1.165) is 22.4 Å². The van der Waals surface area contributed by atoms with Crippen LogP contribution < -0.4 is 5.32 Å². The van der Waals surface area contributed by atoms with Gasteiger partial charge < -0.3 is 9.73 Å². The lowest BCUT2D eigenvalue weighted by atomic mass is 10.2. The van der Waals surface area contributed by atoms with Gasteiger partial charge in [0.05, 0.1) is 22.9 Å². The summed E-state index contributed by atoms with van der Waals surface area (Å²) in [4.78, 5) is 21.1. The van der Waals surface area contributed by atoms with Gasteiger partial charge in [0.25, 0.3) is 0 Å². The molecule has 0 saturated carbocycles. The summed E-state index contributed by atoms with van der Waals surface area (Å²) in [7, 11) is 0. The fourth-order valence-corrected chi connectivity index (χ4v) is 3.24. The van der Waals surface area contributed by atoms with Crippen LogP contribution in [-0.4, -0.2) is 30.6 Å². The molecule has 0 aliphatic heterocycles. The highest BCUT2D eigenvalue weighted by Gasteiger charge is 2.11. The van der Waals surface area contributed by atoms with Crippen LogP contribution >= 0.6 is 0 Å². The fraction of sp³-hybridized carbons (Fsp3) is 0.0870. The van der Waals surface area contributed by atoms with E-state index in [1.807, 2.05) is 71.3 Å². The van der Waals surface area contributed by atoms with Gasteiger partial charge >= 0.3 is 0 Å². The number of amides is 1. The van der Waals surface area contributed by atoms with Crippen molar-refractivity contribution < 1.29 is 9.21 Å². The summed E-state index contributed by atoms with van der Waals surface area (Å²) in [5, 5.41) is 10.9. The van der Waals surface area contributed by atoms with Gasteiger partial charge in [0.1, 0.15) is 12.1 Å². The van der Waals surface area contributed by atoms with Gasteiger partial charge in [-0.15, -0.1) is 10.2 Å². The maximum Gasteiger partial charge on any atom is 0.247 e. The third-order valence-electron chi connectivity index (χ3n) is 4.79. The van der Waals surface area contributed by atoms with E-state index in [-0.39, 0.29) is 12.3 Å². The maximum absolute atomic E-state index is 12.3. The van der Waals surface area contributed by atoms with Crippen LogP contribution in [-0.2, 0) is 11.2 Å². The summed E-state index contributed by atoms with van der Waals surface area (Å²) >= 11 is 0. The number of nitrogens with one attached hydrogen (secondary N) is 1. The number of carbonyl (C=O) groups excluding carboxylic acids is 1. The molecule has 31 heavy (non-hydrogen) atoms. The van der Waals surface area contributed by atoms with Crippen molar-refractivity contribution in [2.24, 2.45) is 0 Å². The number of aryl methyl sites for hydroxylation is 1. The number of aromatic nitrogens is 5. The Hall–Kier alpha value is -4.33. The van der Waals surface area contributed by atoms with Gasteiger partial charge in [0.15, 0.2) is 0 Å². The van der Waals surface area contributed by atoms with E-state index in [9.17, 15) is 4.79 Å². The first-order valence-corrected chi connectivity index (χ1v) is 9.82. The number of nitrogens with zero attached hydrogens (tertiary/aromatic N) is 5. The van der Waals surface area contributed by atoms with Gasteiger partial charge in [-0.2, -0.15) is 0 Å². The molecule has 2 aromatic carbocycles. The Morgan fingerprint density at radius 3 is 2.61 bits per heavy atom. The summed E-state index contributed by atoms with van der Waals surface area (Å²) in [6.07, 6.45) is 3.95.